The SMILES string of the molecule is CC(Nc1cnc(-c2ccccc2)nc1)c1ccn[nH]1. The smallest absolute Gasteiger partial charge is 0.159 e. The number of hydrogen-bond acceptors (Lipinski definition) is 4. The first kappa shape index (κ1) is 12.3. The van der Waals surface area contributed by atoms with Crippen molar-refractivity contribution in [3.63, 3.8) is 0 Å². The zero-order chi connectivity index (χ0) is 13.8. The fraction of sp³-hybridized carbons (Fsp3) is 0.133. The second-order valence-electron chi connectivity index (χ2n) is 4.54. The minimum absolute atomic E-state index is 0.128. The number of anilines is 1. The first-order chi connectivity index (χ1) is 9.83. The fourth-order valence-electron chi connectivity index (χ4n) is 1.97. The van der Waals surface area contributed by atoms with Crippen LogP contribution < -0.4 is 5.32 Å². The largest absolute Gasteiger partial charge is 0.374 e. The van der Waals surface area contributed by atoms with Crippen LogP contribution in [0.2, 0.25) is 0 Å². The summed E-state index contributed by atoms with van der Waals surface area (Å²) in [7, 11) is 0. The van der Waals surface area contributed by atoms with Crippen LogP contribution in [0.5, 0.6) is 0 Å². The molecule has 100 valence electrons. The highest BCUT2D eigenvalue weighted by atomic mass is 15.1. The van der Waals surface area contributed by atoms with Gasteiger partial charge in [0, 0.05) is 11.8 Å². The van der Waals surface area contributed by atoms with Crippen LogP contribution in [0.4, 0.5) is 5.69 Å². The summed E-state index contributed by atoms with van der Waals surface area (Å²) < 4.78 is 0. The van der Waals surface area contributed by atoms with Crippen LogP contribution in [0, 0.1) is 0 Å². The van der Waals surface area contributed by atoms with Gasteiger partial charge in [-0.1, -0.05) is 30.3 Å². The molecule has 3 rings (SSSR count). The van der Waals surface area contributed by atoms with Gasteiger partial charge < -0.3 is 5.32 Å². The third kappa shape index (κ3) is 2.66. The van der Waals surface area contributed by atoms with E-state index < -0.39 is 0 Å². The van der Waals surface area contributed by atoms with E-state index in [0.29, 0.717) is 0 Å². The van der Waals surface area contributed by atoms with Gasteiger partial charge in [-0.2, -0.15) is 5.10 Å². The lowest BCUT2D eigenvalue weighted by molar-refractivity contribution is 0.823. The Morgan fingerprint density at radius 3 is 2.45 bits per heavy atom. The molecule has 2 aromatic heterocycles. The molecular formula is C15H15N5. The molecule has 0 aliphatic carbocycles. The zero-order valence-corrected chi connectivity index (χ0v) is 11.1. The van der Waals surface area contributed by atoms with E-state index in [4.69, 9.17) is 0 Å². The topological polar surface area (TPSA) is 66.5 Å². The lowest BCUT2D eigenvalue weighted by Gasteiger charge is -2.12. The molecule has 20 heavy (non-hydrogen) atoms. The van der Waals surface area contributed by atoms with Gasteiger partial charge >= 0.3 is 0 Å². The van der Waals surface area contributed by atoms with E-state index in [-0.39, 0.29) is 6.04 Å². The Hall–Kier alpha value is -2.69. The number of aromatic nitrogens is 4. The highest BCUT2D eigenvalue weighted by Gasteiger charge is 2.07. The average molecular weight is 265 g/mol. The predicted molar refractivity (Wildman–Crippen MR) is 78.1 cm³/mol. The molecule has 0 aliphatic heterocycles. The molecule has 0 fully saturated rings. The van der Waals surface area contributed by atoms with Gasteiger partial charge in [0.05, 0.1) is 29.8 Å². The highest BCUT2D eigenvalue weighted by molar-refractivity contribution is 5.55. The molecule has 0 bridgehead atoms. The quantitative estimate of drug-likeness (QED) is 0.761. The van der Waals surface area contributed by atoms with Crippen LogP contribution in [0.15, 0.2) is 55.0 Å². The summed E-state index contributed by atoms with van der Waals surface area (Å²) in [6, 6.07) is 12.0. The summed E-state index contributed by atoms with van der Waals surface area (Å²) in [5.74, 6) is 0.727. The van der Waals surface area contributed by atoms with Crippen molar-refractivity contribution in [2.24, 2.45) is 0 Å². The molecule has 0 aliphatic rings. The van der Waals surface area contributed by atoms with Crippen molar-refractivity contribution < 1.29 is 0 Å². The molecule has 1 aromatic carbocycles. The standard InChI is InChI=1S/C15H15N5/c1-11(14-7-8-18-20-14)19-13-9-16-15(17-10-13)12-5-3-2-4-6-12/h2-11,19H,1H3,(H,18,20). The molecule has 5 heteroatoms. The van der Waals surface area contributed by atoms with E-state index in [1.165, 1.54) is 0 Å². The van der Waals surface area contributed by atoms with E-state index in [2.05, 4.69) is 32.4 Å². The molecule has 0 spiro atoms. The molecule has 0 radical (unpaired) electrons. The van der Waals surface area contributed by atoms with Crippen molar-refractivity contribution in [3.05, 3.63) is 60.7 Å². The van der Waals surface area contributed by atoms with Crippen molar-refractivity contribution in [1.82, 2.24) is 20.2 Å². The Balaban J connectivity index is 1.74. The summed E-state index contributed by atoms with van der Waals surface area (Å²) in [5.41, 5.74) is 2.92. The Bertz CT molecular complexity index is 647. The fourth-order valence-corrected chi connectivity index (χ4v) is 1.97. The van der Waals surface area contributed by atoms with Gasteiger partial charge in [0.25, 0.3) is 0 Å². The van der Waals surface area contributed by atoms with Gasteiger partial charge in [-0.25, -0.2) is 9.97 Å². The highest BCUT2D eigenvalue weighted by Crippen LogP contribution is 2.18. The third-order valence-corrected chi connectivity index (χ3v) is 3.06. The Kier molecular flexibility index (Phi) is 3.41. The molecular weight excluding hydrogens is 250 g/mol. The van der Waals surface area contributed by atoms with Crippen LogP contribution in [-0.4, -0.2) is 20.2 Å². The van der Waals surface area contributed by atoms with Gasteiger partial charge in [0.2, 0.25) is 0 Å². The first-order valence-electron chi connectivity index (χ1n) is 6.46. The molecule has 2 heterocycles. The summed E-state index contributed by atoms with van der Waals surface area (Å²) >= 11 is 0. The van der Waals surface area contributed by atoms with E-state index in [9.17, 15) is 0 Å². The van der Waals surface area contributed by atoms with Crippen molar-refractivity contribution in [1.29, 1.82) is 0 Å². The third-order valence-electron chi connectivity index (χ3n) is 3.06. The van der Waals surface area contributed by atoms with Crippen molar-refractivity contribution in [2.45, 2.75) is 13.0 Å². The van der Waals surface area contributed by atoms with Crippen molar-refractivity contribution in [2.75, 3.05) is 5.32 Å². The number of aromatic amines is 1. The second-order valence-corrected chi connectivity index (χ2v) is 4.54. The number of benzene rings is 1. The van der Waals surface area contributed by atoms with Gasteiger partial charge in [-0.3, -0.25) is 5.10 Å². The molecule has 3 aromatic rings. The summed E-state index contributed by atoms with van der Waals surface area (Å²) in [6.07, 6.45) is 5.33. The van der Waals surface area contributed by atoms with Crippen LogP contribution in [0.3, 0.4) is 0 Å². The van der Waals surface area contributed by atoms with E-state index >= 15 is 0 Å². The van der Waals surface area contributed by atoms with Crippen LogP contribution in [0.25, 0.3) is 11.4 Å². The summed E-state index contributed by atoms with van der Waals surface area (Å²) in [4.78, 5) is 8.77. The normalized spacial score (nSPS) is 12.1. The van der Waals surface area contributed by atoms with E-state index in [1.807, 2.05) is 36.4 Å². The number of rotatable bonds is 4. The number of hydrogen-bond donors (Lipinski definition) is 2. The van der Waals surface area contributed by atoms with Crippen molar-refractivity contribution in [3.8, 4) is 11.4 Å². The molecule has 0 saturated heterocycles. The molecule has 0 amide bonds. The molecule has 1 atom stereocenters. The number of nitrogens with zero attached hydrogens (tertiary/aromatic N) is 3. The van der Waals surface area contributed by atoms with Crippen LogP contribution in [-0.2, 0) is 0 Å². The predicted octanol–water partition coefficient (Wildman–Crippen LogP) is 3.04. The molecule has 1 unspecified atom stereocenters. The summed E-state index contributed by atoms with van der Waals surface area (Å²) in [5, 5.41) is 10.2. The van der Waals surface area contributed by atoms with Crippen LogP contribution in [0.1, 0.15) is 18.7 Å². The van der Waals surface area contributed by atoms with Crippen molar-refractivity contribution >= 4 is 5.69 Å². The Morgan fingerprint density at radius 2 is 1.80 bits per heavy atom. The maximum Gasteiger partial charge on any atom is 0.159 e. The molecule has 2 N–H and O–H groups in total. The average Bonchev–Trinajstić information content (AvgIpc) is 3.03. The lowest BCUT2D eigenvalue weighted by atomic mass is 10.2. The molecule has 0 saturated carbocycles. The monoisotopic (exact) mass is 265 g/mol. The summed E-state index contributed by atoms with van der Waals surface area (Å²) in [6.45, 7) is 2.05. The van der Waals surface area contributed by atoms with Crippen LogP contribution >= 0.6 is 0 Å². The van der Waals surface area contributed by atoms with E-state index in [1.54, 1.807) is 18.6 Å². The van der Waals surface area contributed by atoms with Gasteiger partial charge in [-0.15, -0.1) is 0 Å². The molecule has 5 nitrogen and oxygen atoms in total. The Morgan fingerprint density at radius 1 is 1.05 bits per heavy atom. The number of nitrogens with one attached hydrogen (secondary N) is 2. The second kappa shape index (κ2) is 5.52. The minimum Gasteiger partial charge on any atom is -0.374 e. The minimum atomic E-state index is 0.128. The number of H-pyrrole nitrogens is 1. The van der Waals surface area contributed by atoms with Gasteiger partial charge in [0.1, 0.15) is 0 Å². The Labute approximate surface area is 117 Å². The maximum atomic E-state index is 4.38. The zero-order valence-electron chi connectivity index (χ0n) is 11.1. The maximum absolute atomic E-state index is 4.38. The van der Waals surface area contributed by atoms with E-state index in [0.717, 1.165) is 22.8 Å². The van der Waals surface area contributed by atoms with Gasteiger partial charge in [-0.05, 0) is 13.0 Å². The first-order valence-corrected chi connectivity index (χ1v) is 6.46. The van der Waals surface area contributed by atoms with Gasteiger partial charge in [0.15, 0.2) is 5.82 Å². The lowest BCUT2D eigenvalue weighted by Crippen LogP contribution is -2.07.